The summed E-state index contributed by atoms with van der Waals surface area (Å²) in [6.45, 7) is 3.47. The third-order valence-corrected chi connectivity index (χ3v) is 3.42. The molecule has 1 aromatic heterocycles. The van der Waals surface area contributed by atoms with Gasteiger partial charge in [0.2, 0.25) is 10.0 Å². The van der Waals surface area contributed by atoms with E-state index in [1.807, 2.05) is 0 Å². The largest absolute Gasteiger partial charge is 0.320 e. The standard InChI is InChI=1S/C13H16N4O3S/c1-8-12(9(2)16-15-8)13(18)14-10-6-4-5-7-11(10)17-21(3,19)20/h4-7,17H,1-3H3,(H,14,18)(H,15,16). The maximum absolute atomic E-state index is 12.3. The number of rotatable bonds is 4. The smallest absolute Gasteiger partial charge is 0.259 e. The van der Waals surface area contributed by atoms with Crippen LogP contribution in [-0.2, 0) is 10.0 Å². The highest BCUT2D eigenvalue weighted by atomic mass is 32.2. The predicted molar refractivity (Wildman–Crippen MR) is 80.9 cm³/mol. The molecule has 0 radical (unpaired) electrons. The van der Waals surface area contributed by atoms with E-state index in [4.69, 9.17) is 0 Å². The summed E-state index contributed by atoms with van der Waals surface area (Å²) >= 11 is 0. The number of hydrogen-bond donors (Lipinski definition) is 3. The lowest BCUT2D eigenvalue weighted by molar-refractivity contribution is 0.102. The summed E-state index contributed by atoms with van der Waals surface area (Å²) < 4.78 is 25.0. The molecule has 0 bridgehead atoms. The van der Waals surface area contributed by atoms with E-state index in [0.29, 0.717) is 28.3 Å². The number of nitrogens with one attached hydrogen (secondary N) is 3. The van der Waals surface area contributed by atoms with E-state index in [1.165, 1.54) is 0 Å². The van der Waals surface area contributed by atoms with Gasteiger partial charge in [-0.1, -0.05) is 12.1 Å². The van der Waals surface area contributed by atoms with Crippen molar-refractivity contribution in [1.82, 2.24) is 10.2 Å². The molecule has 1 heterocycles. The van der Waals surface area contributed by atoms with Gasteiger partial charge in [0.25, 0.3) is 5.91 Å². The number of aromatic amines is 1. The Kier molecular flexibility index (Phi) is 3.99. The first-order chi connectivity index (χ1) is 9.78. The van der Waals surface area contributed by atoms with Crippen LogP contribution in [0.2, 0.25) is 0 Å². The van der Waals surface area contributed by atoms with Crippen molar-refractivity contribution in [1.29, 1.82) is 0 Å². The van der Waals surface area contributed by atoms with Gasteiger partial charge >= 0.3 is 0 Å². The topological polar surface area (TPSA) is 104 Å². The molecular formula is C13H16N4O3S. The Morgan fingerprint density at radius 2 is 1.81 bits per heavy atom. The molecule has 2 aromatic rings. The highest BCUT2D eigenvalue weighted by Gasteiger charge is 2.17. The molecule has 0 aliphatic rings. The number of benzene rings is 1. The number of nitrogens with zero attached hydrogens (tertiary/aromatic N) is 1. The van der Waals surface area contributed by atoms with Crippen molar-refractivity contribution in [3.05, 3.63) is 41.2 Å². The summed E-state index contributed by atoms with van der Waals surface area (Å²) in [6, 6.07) is 6.58. The summed E-state index contributed by atoms with van der Waals surface area (Å²) in [7, 11) is -3.43. The molecule has 0 saturated carbocycles. The lowest BCUT2D eigenvalue weighted by Crippen LogP contribution is -2.17. The van der Waals surface area contributed by atoms with Gasteiger partial charge in [0, 0.05) is 5.69 Å². The summed E-state index contributed by atoms with van der Waals surface area (Å²) in [6.07, 6.45) is 1.05. The van der Waals surface area contributed by atoms with Gasteiger partial charge in [-0.3, -0.25) is 14.6 Å². The Morgan fingerprint density at radius 1 is 1.19 bits per heavy atom. The minimum atomic E-state index is -3.43. The normalized spacial score (nSPS) is 11.2. The summed E-state index contributed by atoms with van der Waals surface area (Å²) in [5.41, 5.74) is 2.38. The number of sulfonamides is 1. The van der Waals surface area contributed by atoms with Crippen LogP contribution in [0.25, 0.3) is 0 Å². The fourth-order valence-corrected chi connectivity index (χ4v) is 2.53. The molecule has 112 valence electrons. The van der Waals surface area contributed by atoms with E-state index in [0.717, 1.165) is 6.26 Å². The van der Waals surface area contributed by atoms with Crippen molar-refractivity contribution in [2.75, 3.05) is 16.3 Å². The van der Waals surface area contributed by atoms with Gasteiger partial charge in [-0.05, 0) is 26.0 Å². The third kappa shape index (κ3) is 3.60. The Bertz CT molecular complexity index is 761. The maximum Gasteiger partial charge on any atom is 0.259 e. The molecule has 1 amide bonds. The van der Waals surface area contributed by atoms with Gasteiger partial charge in [-0.2, -0.15) is 5.10 Å². The zero-order valence-electron chi connectivity index (χ0n) is 11.9. The number of hydrogen-bond acceptors (Lipinski definition) is 4. The second-order valence-corrected chi connectivity index (χ2v) is 6.43. The Morgan fingerprint density at radius 3 is 2.33 bits per heavy atom. The van der Waals surface area contributed by atoms with Crippen molar-refractivity contribution in [2.45, 2.75) is 13.8 Å². The van der Waals surface area contributed by atoms with Crippen molar-refractivity contribution in [2.24, 2.45) is 0 Å². The fraction of sp³-hybridized carbons (Fsp3) is 0.231. The summed E-state index contributed by atoms with van der Waals surface area (Å²) in [4.78, 5) is 12.3. The Balaban J connectivity index is 2.30. The molecule has 0 aliphatic heterocycles. The van der Waals surface area contributed by atoms with Crippen LogP contribution in [0.3, 0.4) is 0 Å². The number of aryl methyl sites for hydroxylation is 2. The molecule has 1 aromatic carbocycles. The van der Waals surface area contributed by atoms with Crippen LogP contribution < -0.4 is 10.0 Å². The monoisotopic (exact) mass is 308 g/mol. The van der Waals surface area contributed by atoms with Crippen molar-refractivity contribution >= 4 is 27.3 Å². The first-order valence-corrected chi connectivity index (χ1v) is 8.07. The van der Waals surface area contributed by atoms with E-state index in [1.54, 1.807) is 38.1 Å². The average Bonchev–Trinajstić information content (AvgIpc) is 2.70. The van der Waals surface area contributed by atoms with Crippen molar-refractivity contribution < 1.29 is 13.2 Å². The number of aromatic nitrogens is 2. The van der Waals surface area contributed by atoms with Gasteiger partial charge in [0.1, 0.15) is 0 Å². The molecular weight excluding hydrogens is 292 g/mol. The highest BCUT2D eigenvalue weighted by molar-refractivity contribution is 7.92. The molecule has 21 heavy (non-hydrogen) atoms. The van der Waals surface area contributed by atoms with E-state index >= 15 is 0 Å². The second-order valence-electron chi connectivity index (χ2n) is 4.68. The third-order valence-electron chi connectivity index (χ3n) is 2.83. The van der Waals surface area contributed by atoms with Crippen LogP contribution in [0.4, 0.5) is 11.4 Å². The van der Waals surface area contributed by atoms with Gasteiger partial charge in [-0.25, -0.2) is 8.42 Å². The molecule has 2 rings (SSSR count). The van der Waals surface area contributed by atoms with Crippen LogP contribution in [0.15, 0.2) is 24.3 Å². The maximum atomic E-state index is 12.3. The number of H-pyrrole nitrogens is 1. The molecule has 8 heteroatoms. The predicted octanol–water partition coefficient (Wildman–Crippen LogP) is 1.65. The molecule has 3 N–H and O–H groups in total. The van der Waals surface area contributed by atoms with Gasteiger partial charge < -0.3 is 5.32 Å². The van der Waals surface area contributed by atoms with E-state index in [2.05, 4.69) is 20.2 Å². The molecule has 7 nitrogen and oxygen atoms in total. The lowest BCUT2D eigenvalue weighted by atomic mass is 10.2. The lowest BCUT2D eigenvalue weighted by Gasteiger charge is -2.11. The number of anilines is 2. The van der Waals surface area contributed by atoms with Gasteiger partial charge in [-0.15, -0.1) is 0 Å². The van der Waals surface area contributed by atoms with Gasteiger partial charge in [0.15, 0.2) is 0 Å². The quantitative estimate of drug-likeness (QED) is 0.798. The Labute approximate surface area is 122 Å². The number of carbonyl (C=O) groups is 1. The second kappa shape index (κ2) is 5.57. The molecule has 0 unspecified atom stereocenters. The van der Waals surface area contributed by atoms with E-state index < -0.39 is 10.0 Å². The minimum absolute atomic E-state index is 0.312. The molecule has 0 fully saturated rings. The molecule has 0 spiro atoms. The van der Waals surface area contributed by atoms with Crippen molar-refractivity contribution in [3.63, 3.8) is 0 Å². The number of amides is 1. The zero-order valence-corrected chi connectivity index (χ0v) is 12.7. The first-order valence-electron chi connectivity index (χ1n) is 6.17. The Hall–Kier alpha value is -2.35. The average molecular weight is 308 g/mol. The molecule has 0 saturated heterocycles. The zero-order chi connectivity index (χ0) is 15.6. The van der Waals surface area contributed by atoms with Crippen LogP contribution in [-0.4, -0.2) is 30.8 Å². The van der Waals surface area contributed by atoms with E-state index in [-0.39, 0.29) is 5.91 Å². The molecule has 0 aliphatic carbocycles. The molecule has 0 atom stereocenters. The summed E-state index contributed by atoms with van der Waals surface area (Å²) in [5.74, 6) is -0.346. The summed E-state index contributed by atoms with van der Waals surface area (Å²) in [5, 5.41) is 9.39. The van der Waals surface area contributed by atoms with E-state index in [9.17, 15) is 13.2 Å². The van der Waals surface area contributed by atoms with Crippen molar-refractivity contribution in [3.8, 4) is 0 Å². The minimum Gasteiger partial charge on any atom is -0.320 e. The van der Waals surface area contributed by atoms with Gasteiger partial charge in [0.05, 0.1) is 28.9 Å². The first kappa shape index (κ1) is 15.0. The van der Waals surface area contributed by atoms with Crippen LogP contribution in [0.1, 0.15) is 21.7 Å². The van der Waals surface area contributed by atoms with Crippen LogP contribution in [0.5, 0.6) is 0 Å². The van der Waals surface area contributed by atoms with Crippen LogP contribution >= 0.6 is 0 Å². The SMILES string of the molecule is Cc1n[nH]c(C)c1C(=O)Nc1ccccc1NS(C)(=O)=O. The highest BCUT2D eigenvalue weighted by Crippen LogP contribution is 2.23. The number of carbonyl (C=O) groups excluding carboxylic acids is 1. The fourth-order valence-electron chi connectivity index (χ4n) is 1.95. The number of para-hydroxylation sites is 2. The van der Waals surface area contributed by atoms with Crippen LogP contribution in [0, 0.1) is 13.8 Å².